The van der Waals surface area contributed by atoms with E-state index in [1.165, 1.54) is 7.11 Å². The van der Waals surface area contributed by atoms with Crippen LogP contribution in [0, 0.1) is 5.82 Å². The minimum Gasteiger partial charge on any atom is -0.480 e. The Morgan fingerprint density at radius 2 is 1.85 bits per heavy atom. The normalized spacial score (nSPS) is 12.0. The number of halogens is 1. The van der Waals surface area contributed by atoms with Gasteiger partial charge in [-0.25, -0.2) is 9.37 Å². The molecule has 3 rings (SSSR count). The van der Waals surface area contributed by atoms with Gasteiger partial charge in [0.25, 0.3) is 10.9 Å². The van der Waals surface area contributed by atoms with Crippen LogP contribution in [-0.4, -0.2) is 12.1 Å². The molecule has 0 aliphatic heterocycles. The summed E-state index contributed by atoms with van der Waals surface area (Å²) in [6, 6.07) is 10.6. The summed E-state index contributed by atoms with van der Waals surface area (Å²) in [6.45, 7) is 1.98. The highest BCUT2D eigenvalue weighted by Gasteiger charge is 2.24. The standard InChI is InChI=1S/C19H18FN3O3/c1-3-13(11-7-5-4-6-8-11)22-15-16(18(25)17(15)24)23-14-9-12(20)10-21-19(14)26-2/h4-10,13,22-23H,3H2,1-2H3/t13-/m1/s1. The van der Waals surface area contributed by atoms with Gasteiger partial charge in [0.05, 0.1) is 19.3 Å². The molecule has 0 unspecified atom stereocenters. The molecule has 0 aliphatic rings. The van der Waals surface area contributed by atoms with Crippen molar-refractivity contribution in [3.05, 3.63) is 74.4 Å². The van der Waals surface area contributed by atoms with Gasteiger partial charge in [-0.05, 0) is 12.0 Å². The van der Waals surface area contributed by atoms with Crippen LogP contribution in [0.1, 0.15) is 24.9 Å². The molecule has 7 heteroatoms. The van der Waals surface area contributed by atoms with Gasteiger partial charge < -0.3 is 15.4 Å². The molecule has 1 aromatic heterocycles. The minimum atomic E-state index is -0.665. The van der Waals surface area contributed by atoms with E-state index in [1.807, 2.05) is 37.3 Å². The van der Waals surface area contributed by atoms with Crippen molar-refractivity contribution < 1.29 is 9.13 Å². The topological polar surface area (TPSA) is 80.3 Å². The highest BCUT2D eigenvalue weighted by molar-refractivity contribution is 5.80. The number of hydrogen-bond donors (Lipinski definition) is 2. The second kappa shape index (κ2) is 7.35. The number of methoxy groups -OCH3 is 1. The van der Waals surface area contributed by atoms with Gasteiger partial charge in [0.15, 0.2) is 0 Å². The van der Waals surface area contributed by atoms with E-state index in [0.717, 1.165) is 17.8 Å². The number of benzene rings is 1. The van der Waals surface area contributed by atoms with Gasteiger partial charge in [0, 0.05) is 6.07 Å². The van der Waals surface area contributed by atoms with Gasteiger partial charge in [0.2, 0.25) is 5.88 Å². The fraction of sp³-hybridized carbons (Fsp3) is 0.211. The van der Waals surface area contributed by atoms with Crippen LogP contribution in [0.25, 0.3) is 0 Å². The summed E-state index contributed by atoms with van der Waals surface area (Å²) in [5.74, 6) is -0.460. The molecule has 1 atom stereocenters. The molecular formula is C19H18FN3O3. The SMILES string of the molecule is CC[C@@H](Nc1c(Nc2cc(F)cnc2OC)c(=O)c1=O)c1ccccc1. The van der Waals surface area contributed by atoms with E-state index >= 15 is 0 Å². The highest BCUT2D eigenvalue weighted by atomic mass is 19.1. The average Bonchev–Trinajstić information content (AvgIpc) is 2.68. The van der Waals surface area contributed by atoms with E-state index in [0.29, 0.717) is 6.42 Å². The molecule has 3 aromatic rings. The van der Waals surface area contributed by atoms with Crippen molar-refractivity contribution in [2.45, 2.75) is 19.4 Å². The molecule has 0 amide bonds. The third kappa shape index (κ3) is 3.28. The summed E-state index contributed by atoms with van der Waals surface area (Å²) in [5, 5.41) is 5.88. The molecule has 134 valence electrons. The third-order valence-electron chi connectivity index (χ3n) is 4.11. The van der Waals surface area contributed by atoms with Crippen LogP contribution in [0.4, 0.5) is 21.5 Å². The molecule has 2 N–H and O–H groups in total. The number of aromatic nitrogens is 1. The van der Waals surface area contributed by atoms with Gasteiger partial charge in [0.1, 0.15) is 22.9 Å². The Labute approximate surface area is 149 Å². The molecule has 0 saturated carbocycles. The lowest BCUT2D eigenvalue weighted by molar-refractivity contribution is 0.398. The van der Waals surface area contributed by atoms with Gasteiger partial charge in [-0.3, -0.25) is 9.59 Å². The maximum Gasteiger partial charge on any atom is 0.253 e. The summed E-state index contributed by atoms with van der Waals surface area (Å²) < 4.78 is 18.5. The number of anilines is 3. The Morgan fingerprint density at radius 3 is 2.50 bits per heavy atom. The van der Waals surface area contributed by atoms with Crippen LogP contribution in [0.2, 0.25) is 0 Å². The molecule has 2 aromatic carbocycles. The second-order valence-corrected chi connectivity index (χ2v) is 5.76. The zero-order valence-electron chi connectivity index (χ0n) is 14.4. The van der Waals surface area contributed by atoms with Crippen molar-refractivity contribution in [2.75, 3.05) is 17.7 Å². The summed E-state index contributed by atoms with van der Waals surface area (Å²) in [7, 11) is 1.38. The van der Waals surface area contributed by atoms with Crippen molar-refractivity contribution in [1.82, 2.24) is 4.98 Å². The number of rotatable bonds is 7. The second-order valence-electron chi connectivity index (χ2n) is 5.76. The lowest BCUT2D eigenvalue weighted by Crippen LogP contribution is -2.37. The Hall–Kier alpha value is -3.22. The summed E-state index contributed by atoms with van der Waals surface area (Å²) in [4.78, 5) is 27.8. The van der Waals surface area contributed by atoms with Crippen molar-refractivity contribution in [3.8, 4) is 5.88 Å². The minimum absolute atomic E-state index is 0.0788. The number of pyridine rings is 1. The summed E-state index contributed by atoms with van der Waals surface area (Å²) >= 11 is 0. The van der Waals surface area contributed by atoms with Crippen molar-refractivity contribution in [2.24, 2.45) is 0 Å². The monoisotopic (exact) mass is 355 g/mol. The van der Waals surface area contributed by atoms with Gasteiger partial charge in [-0.2, -0.15) is 0 Å². The van der Waals surface area contributed by atoms with Gasteiger partial charge in [-0.15, -0.1) is 0 Å². The smallest absolute Gasteiger partial charge is 0.253 e. The molecule has 1 heterocycles. The van der Waals surface area contributed by atoms with Crippen LogP contribution in [0.5, 0.6) is 5.88 Å². The predicted molar refractivity (Wildman–Crippen MR) is 98.5 cm³/mol. The first-order valence-electron chi connectivity index (χ1n) is 8.16. The molecule has 0 radical (unpaired) electrons. The lowest BCUT2D eigenvalue weighted by Gasteiger charge is -2.22. The Kier molecular flexibility index (Phi) is 4.97. The van der Waals surface area contributed by atoms with Crippen LogP contribution in [0.15, 0.2) is 52.2 Å². The molecule has 0 bridgehead atoms. The zero-order chi connectivity index (χ0) is 18.7. The largest absolute Gasteiger partial charge is 0.480 e. The van der Waals surface area contributed by atoms with Crippen molar-refractivity contribution in [3.63, 3.8) is 0 Å². The molecule has 0 fully saturated rings. The van der Waals surface area contributed by atoms with Gasteiger partial charge >= 0.3 is 0 Å². The van der Waals surface area contributed by atoms with Crippen LogP contribution >= 0.6 is 0 Å². The van der Waals surface area contributed by atoms with Crippen LogP contribution in [-0.2, 0) is 0 Å². The first-order chi connectivity index (χ1) is 12.5. The first-order valence-corrected chi connectivity index (χ1v) is 8.16. The maximum atomic E-state index is 13.5. The molecular weight excluding hydrogens is 337 g/mol. The number of ether oxygens (including phenoxy) is 1. The third-order valence-corrected chi connectivity index (χ3v) is 4.11. The molecule has 6 nitrogen and oxygen atoms in total. The van der Waals surface area contributed by atoms with E-state index in [1.54, 1.807) is 0 Å². The van der Waals surface area contributed by atoms with Crippen molar-refractivity contribution in [1.29, 1.82) is 0 Å². The van der Waals surface area contributed by atoms with Crippen LogP contribution in [0.3, 0.4) is 0 Å². The Balaban J connectivity index is 1.90. The molecule has 26 heavy (non-hydrogen) atoms. The van der Waals surface area contributed by atoms with E-state index < -0.39 is 16.7 Å². The fourth-order valence-corrected chi connectivity index (χ4v) is 2.74. The first kappa shape index (κ1) is 17.6. The molecule has 0 saturated heterocycles. The number of nitrogens with one attached hydrogen (secondary N) is 2. The van der Waals surface area contributed by atoms with E-state index in [4.69, 9.17) is 4.74 Å². The number of nitrogens with zero attached hydrogens (tertiary/aromatic N) is 1. The van der Waals surface area contributed by atoms with Crippen molar-refractivity contribution >= 4 is 17.1 Å². The van der Waals surface area contributed by atoms with Crippen LogP contribution < -0.4 is 26.2 Å². The molecule has 0 spiro atoms. The highest BCUT2D eigenvalue weighted by Crippen LogP contribution is 2.30. The predicted octanol–water partition coefficient (Wildman–Crippen LogP) is 3.13. The van der Waals surface area contributed by atoms with Gasteiger partial charge in [-0.1, -0.05) is 37.3 Å². The quantitative estimate of drug-likeness (QED) is 0.634. The maximum absolute atomic E-state index is 13.5. The van der Waals surface area contributed by atoms with E-state index in [-0.39, 0.29) is 29.0 Å². The number of hydrogen-bond acceptors (Lipinski definition) is 6. The summed E-state index contributed by atoms with van der Waals surface area (Å²) in [5.41, 5.74) is 0.161. The zero-order valence-corrected chi connectivity index (χ0v) is 14.4. The van der Waals surface area contributed by atoms with E-state index in [2.05, 4.69) is 15.6 Å². The van der Waals surface area contributed by atoms with E-state index in [9.17, 15) is 14.0 Å². The Morgan fingerprint density at radius 1 is 1.15 bits per heavy atom. The average molecular weight is 355 g/mol. The Bertz CT molecular complexity index is 982. The molecule has 0 aliphatic carbocycles. The summed E-state index contributed by atoms with van der Waals surface area (Å²) in [6.07, 6.45) is 1.72. The fourth-order valence-electron chi connectivity index (χ4n) is 2.74. The lowest BCUT2D eigenvalue weighted by atomic mass is 10.0.